The van der Waals surface area contributed by atoms with Crippen LogP contribution in [0.25, 0.3) is 28.2 Å². The van der Waals surface area contributed by atoms with Crippen molar-refractivity contribution in [1.82, 2.24) is 55.8 Å². The van der Waals surface area contributed by atoms with E-state index in [-0.39, 0.29) is 66.4 Å². The fourth-order valence-corrected chi connectivity index (χ4v) is 9.94. The maximum atomic E-state index is 13.9. The molecule has 9 rings (SSSR count). The number of hydrogen-bond donors (Lipinski definition) is 6. The van der Waals surface area contributed by atoms with E-state index >= 15 is 0 Å². The SMILES string of the molecule is Nc1ncc(/C=C/CCN(CC(=O)NC2CCCCC2)C(=O)CCN2CCN(C(=O)c3ccc(N4CCC5(CC4)NC(=O)NC5=O)nc3)CC2)c2n[nH]c(-c3ccc(C(=O)Nc4cc(C(F)(F)F)ccn4)cc3)c12. The number of nitrogen functional groups attached to an aromatic ring is 1. The molecule has 7 heterocycles. The molecule has 1 aromatic carbocycles. The average molecular weight is 1020 g/mol. The number of nitrogens with two attached hydrogens (primary N) is 1. The number of benzene rings is 1. The van der Waals surface area contributed by atoms with E-state index in [1.165, 1.54) is 12.1 Å². The summed E-state index contributed by atoms with van der Waals surface area (Å²) < 4.78 is 39.6. The smallest absolute Gasteiger partial charge is 0.383 e. The number of rotatable bonds is 15. The number of fused-ring (bicyclic) bond motifs is 1. The van der Waals surface area contributed by atoms with E-state index in [0.717, 1.165) is 50.4 Å². The van der Waals surface area contributed by atoms with Crippen LogP contribution >= 0.6 is 0 Å². The van der Waals surface area contributed by atoms with Crippen molar-refractivity contribution in [3.8, 4) is 11.3 Å². The molecule has 0 atom stereocenters. The number of pyridine rings is 3. The Labute approximate surface area is 423 Å². The summed E-state index contributed by atoms with van der Waals surface area (Å²) >= 11 is 0. The third-order valence-corrected chi connectivity index (χ3v) is 14.2. The van der Waals surface area contributed by atoms with Gasteiger partial charge in [-0.25, -0.2) is 19.7 Å². The molecule has 0 radical (unpaired) electrons. The zero-order chi connectivity index (χ0) is 52.0. The van der Waals surface area contributed by atoms with Crippen LogP contribution in [0.4, 0.5) is 35.4 Å². The summed E-state index contributed by atoms with van der Waals surface area (Å²) in [5, 5.41) is 18.7. The maximum Gasteiger partial charge on any atom is 0.416 e. The Balaban J connectivity index is 0.780. The first kappa shape index (κ1) is 51.0. The summed E-state index contributed by atoms with van der Waals surface area (Å²) in [7, 11) is 0. The minimum atomic E-state index is -4.59. The van der Waals surface area contributed by atoms with Gasteiger partial charge in [-0.2, -0.15) is 18.3 Å². The van der Waals surface area contributed by atoms with Gasteiger partial charge < -0.3 is 36.4 Å². The molecule has 20 nitrogen and oxygen atoms in total. The van der Waals surface area contributed by atoms with Gasteiger partial charge in [-0.15, -0.1) is 0 Å². The molecular weight excluding hydrogens is 962 g/mol. The Hall–Kier alpha value is -7.95. The molecule has 0 unspecified atom stereocenters. The number of anilines is 3. The average Bonchev–Trinajstić information content (AvgIpc) is 3.98. The van der Waals surface area contributed by atoms with Crippen molar-refractivity contribution in [3.05, 3.63) is 95.5 Å². The first-order valence-electron chi connectivity index (χ1n) is 24.8. The number of imide groups is 1. The zero-order valence-corrected chi connectivity index (χ0v) is 40.5. The highest BCUT2D eigenvalue weighted by molar-refractivity contribution is 6.07. The predicted octanol–water partition coefficient (Wildman–Crippen LogP) is 4.98. The van der Waals surface area contributed by atoms with Gasteiger partial charge in [0.05, 0.1) is 28.8 Å². The molecule has 4 aromatic heterocycles. The summed E-state index contributed by atoms with van der Waals surface area (Å²) in [5.41, 5.74) is 7.51. The number of halogens is 3. The summed E-state index contributed by atoms with van der Waals surface area (Å²) in [6.45, 7) is 3.78. The van der Waals surface area contributed by atoms with Gasteiger partial charge in [0.2, 0.25) is 11.8 Å². The van der Waals surface area contributed by atoms with Crippen molar-refractivity contribution in [2.75, 3.05) is 74.9 Å². The number of piperazine rings is 1. The van der Waals surface area contributed by atoms with Gasteiger partial charge in [0, 0.05) is 100 Å². The number of carbonyl (C=O) groups excluding carboxylic acids is 6. The zero-order valence-electron chi connectivity index (χ0n) is 40.5. The van der Waals surface area contributed by atoms with Gasteiger partial charge in [0.25, 0.3) is 17.7 Å². The van der Waals surface area contributed by atoms with E-state index < -0.39 is 29.2 Å². The first-order valence-corrected chi connectivity index (χ1v) is 24.8. The number of carbonyl (C=O) groups is 6. The number of H-pyrrole nitrogens is 1. The van der Waals surface area contributed by atoms with Crippen LogP contribution in [0, 0.1) is 0 Å². The molecule has 1 saturated carbocycles. The van der Waals surface area contributed by atoms with Gasteiger partial charge in [0.15, 0.2) is 0 Å². The number of alkyl halides is 3. The van der Waals surface area contributed by atoms with Crippen molar-refractivity contribution < 1.29 is 41.9 Å². The van der Waals surface area contributed by atoms with Crippen LogP contribution < -0.4 is 31.9 Å². The van der Waals surface area contributed by atoms with Crippen molar-refractivity contribution in [1.29, 1.82) is 0 Å². The number of aromatic nitrogens is 5. The lowest BCUT2D eigenvalue weighted by Gasteiger charge is -2.37. The summed E-state index contributed by atoms with van der Waals surface area (Å²) in [5.74, 6) is -0.786. The molecule has 5 aromatic rings. The Morgan fingerprint density at radius 2 is 1.64 bits per heavy atom. The van der Waals surface area contributed by atoms with Gasteiger partial charge in [-0.05, 0) is 68.5 Å². The standard InChI is InChI=1S/C51H57F3N14O6/c52-51(53,54)36-15-19-56-38(28-36)60-46(71)33-11-9-32(10-12-33)43-42-44(64-63-43)34(29-58-45(42)55)6-4-5-20-68(31-40(69)59-37-7-2-1-3-8-37)41(70)16-21-65-24-26-67(27-25-65)47(72)35-13-14-39(57-30-35)66-22-17-50(18-23-66)48(73)61-49(74)62-50/h4,6,9-15,19,28-30,37H,1-3,5,7-8,16-18,20-27,31H2,(H2,55,58)(H,59,69)(H,63,64)(H,56,60,71)(H2,61,62,73,74)/b6-4+. The first-order chi connectivity index (χ1) is 35.6. The number of aromatic amines is 1. The third kappa shape index (κ3) is 11.8. The quantitative estimate of drug-likeness (QED) is 0.0758. The summed E-state index contributed by atoms with van der Waals surface area (Å²) in [4.78, 5) is 98.0. The normalized spacial score (nSPS) is 17.4. The molecule has 7 amide bonds. The predicted molar refractivity (Wildman–Crippen MR) is 268 cm³/mol. The Bertz CT molecular complexity index is 2930. The van der Waals surface area contributed by atoms with Crippen LogP contribution in [0.2, 0.25) is 0 Å². The highest BCUT2D eigenvalue weighted by Gasteiger charge is 2.48. The monoisotopic (exact) mass is 1020 g/mol. The molecule has 4 fully saturated rings. The highest BCUT2D eigenvalue weighted by atomic mass is 19.4. The van der Waals surface area contributed by atoms with Gasteiger partial charge >= 0.3 is 12.2 Å². The second kappa shape index (κ2) is 22.0. The number of hydrogen-bond acceptors (Lipinski definition) is 13. The molecule has 3 saturated heterocycles. The molecule has 1 aliphatic carbocycles. The minimum absolute atomic E-state index is 0.0782. The van der Waals surface area contributed by atoms with E-state index in [1.54, 1.807) is 46.5 Å². The lowest BCUT2D eigenvalue weighted by molar-refractivity contribution is -0.137. The summed E-state index contributed by atoms with van der Waals surface area (Å²) in [6, 6.07) is 11.1. The van der Waals surface area contributed by atoms with Crippen LogP contribution in [0.15, 0.2) is 73.2 Å². The topological polar surface area (TPSA) is 257 Å². The molecule has 4 aliphatic rings. The van der Waals surface area contributed by atoms with E-state index in [4.69, 9.17) is 5.73 Å². The van der Waals surface area contributed by atoms with Crippen LogP contribution in [0.1, 0.15) is 89.6 Å². The number of amides is 7. The lowest BCUT2D eigenvalue weighted by atomic mass is 9.88. The largest absolute Gasteiger partial charge is 0.416 e. The van der Waals surface area contributed by atoms with Crippen LogP contribution in [-0.2, 0) is 20.6 Å². The van der Waals surface area contributed by atoms with E-state index in [9.17, 15) is 41.9 Å². The molecule has 1 spiro atoms. The van der Waals surface area contributed by atoms with Crippen molar-refractivity contribution >= 4 is 70.0 Å². The second-order valence-corrected chi connectivity index (χ2v) is 19.1. The van der Waals surface area contributed by atoms with Crippen LogP contribution in [0.3, 0.4) is 0 Å². The van der Waals surface area contributed by atoms with Gasteiger partial charge in [-0.3, -0.25) is 39.3 Å². The third-order valence-electron chi connectivity index (χ3n) is 14.2. The molecule has 0 bridgehead atoms. The molecule has 7 N–H and O–H groups in total. The molecular formula is C51H57F3N14O6. The molecule has 23 heteroatoms. The Morgan fingerprint density at radius 1 is 0.892 bits per heavy atom. The number of piperidine rings is 1. The van der Waals surface area contributed by atoms with E-state index in [1.807, 2.05) is 17.1 Å². The Morgan fingerprint density at radius 3 is 2.32 bits per heavy atom. The molecule has 3 aliphatic heterocycles. The fourth-order valence-electron chi connectivity index (χ4n) is 9.94. The second-order valence-electron chi connectivity index (χ2n) is 19.1. The van der Waals surface area contributed by atoms with E-state index in [0.29, 0.717) is 104 Å². The number of nitrogens with zero attached hydrogens (tertiary/aromatic N) is 8. The Kier molecular flexibility index (Phi) is 15.2. The van der Waals surface area contributed by atoms with E-state index in [2.05, 4.69) is 51.3 Å². The molecule has 388 valence electrons. The number of nitrogens with one attached hydrogen (secondary N) is 5. The molecule has 74 heavy (non-hydrogen) atoms. The fraction of sp³-hybridized carbons (Fsp3) is 0.412. The van der Waals surface area contributed by atoms with Gasteiger partial charge in [0.1, 0.15) is 28.5 Å². The van der Waals surface area contributed by atoms with Crippen LogP contribution in [0.5, 0.6) is 0 Å². The lowest BCUT2D eigenvalue weighted by Crippen LogP contribution is -2.55. The van der Waals surface area contributed by atoms with Crippen molar-refractivity contribution in [2.24, 2.45) is 0 Å². The number of urea groups is 1. The maximum absolute atomic E-state index is 13.9. The van der Waals surface area contributed by atoms with Crippen molar-refractivity contribution in [2.45, 2.75) is 75.5 Å². The minimum Gasteiger partial charge on any atom is -0.383 e. The van der Waals surface area contributed by atoms with Crippen LogP contribution in [-0.4, -0.2) is 146 Å². The summed E-state index contributed by atoms with van der Waals surface area (Å²) in [6.07, 6.45) is 9.82. The highest BCUT2D eigenvalue weighted by Crippen LogP contribution is 2.33. The van der Waals surface area contributed by atoms with Gasteiger partial charge in [-0.1, -0.05) is 43.5 Å². The van der Waals surface area contributed by atoms with Crippen molar-refractivity contribution in [3.63, 3.8) is 0 Å².